The number of unbranched alkanes of at least 4 members (excludes halogenated alkanes) is 1. The summed E-state index contributed by atoms with van der Waals surface area (Å²) in [6, 6.07) is 16.6. The summed E-state index contributed by atoms with van der Waals surface area (Å²) < 4.78 is 32.7. The molecular formula is C19H25NO3S. The molecule has 2 aromatic carbocycles. The van der Waals surface area contributed by atoms with E-state index in [1.165, 1.54) is 0 Å². The third-order valence-electron chi connectivity index (χ3n) is 3.83. The van der Waals surface area contributed by atoms with Gasteiger partial charge in [-0.2, -0.15) is 4.31 Å². The quantitative estimate of drug-likeness (QED) is 0.693. The van der Waals surface area contributed by atoms with Crippen molar-refractivity contribution in [3.8, 4) is 0 Å². The highest BCUT2D eigenvalue weighted by atomic mass is 32.2. The predicted molar refractivity (Wildman–Crippen MR) is 96.1 cm³/mol. The van der Waals surface area contributed by atoms with E-state index in [2.05, 4.69) is 6.92 Å². The van der Waals surface area contributed by atoms with Crippen molar-refractivity contribution >= 4 is 10.0 Å². The van der Waals surface area contributed by atoms with Crippen LogP contribution in [0.3, 0.4) is 0 Å². The van der Waals surface area contributed by atoms with Gasteiger partial charge in [-0.05, 0) is 29.7 Å². The van der Waals surface area contributed by atoms with Gasteiger partial charge in [-0.25, -0.2) is 8.42 Å². The van der Waals surface area contributed by atoms with Crippen LogP contribution in [0.1, 0.15) is 30.9 Å². The lowest BCUT2D eigenvalue weighted by Crippen LogP contribution is -2.31. The average Bonchev–Trinajstić information content (AvgIpc) is 2.60. The van der Waals surface area contributed by atoms with E-state index in [9.17, 15) is 8.42 Å². The van der Waals surface area contributed by atoms with Crippen LogP contribution in [-0.4, -0.2) is 26.4 Å². The maximum atomic E-state index is 13.0. The zero-order chi connectivity index (χ0) is 17.4. The van der Waals surface area contributed by atoms with Gasteiger partial charge in [-0.15, -0.1) is 0 Å². The minimum atomic E-state index is -3.51. The average molecular weight is 347 g/mol. The molecule has 0 aliphatic heterocycles. The van der Waals surface area contributed by atoms with E-state index in [1.54, 1.807) is 35.7 Å². The molecule has 0 atom stereocenters. The summed E-state index contributed by atoms with van der Waals surface area (Å²) in [6.45, 7) is 3.45. The smallest absolute Gasteiger partial charge is 0.243 e. The fourth-order valence-corrected chi connectivity index (χ4v) is 3.95. The number of ether oxygens (including phenoxy) is 1. The summed E-state index contributed by atoms with van der Waals surface area (Å²) >= 11 is 0. The summed E-state index contributed by atoms with van der Waals surface area (Å²) in [6.07, 6.45) is 1.79. The van der Waals surface area contributed by atoms with Gasteiger partial charge in [0.25, 0.3) is 0 Å². The number of benzene rings is 2. The Morgan fingerprint density at radius 2 is 1.62 bits per heavy atom. The first-order chi connectivity index (χ1) is 11.6. The first kappa shape index (κ1) is 18.6. The largest absolute Gasteiger partial charge is 0.380 e. The molecule has 0 amide bonds. The van der Waals surface area contributed by atoms with Crippen molar-refractivity contribution in [1.29, 1.82) is 0 Å². The number of hydrogen-bond acceptors (Lipinski definition) is 3. The van der Waals surface area contributed by atoms with Crippen molar-refractivity contribution in [2.45, 2.75) is 37.8 Å². The minimum absolute atomic E-state index is 0.328. The second-order valence-electron chi connectivity index (χ2n) is 5.75. The molecule has 0 spiro atoms. The van der Waals surface area contributed by atoms with Gasteiger partial charge in [0, 0.05) is 20.2 Å². The van der Waals surface area contributed by atoms with Crippen LogP contribution in [0.25, 0.3) is 0 Å². The molecule has 5 heteroatoms. The van der Waals surface area contributed by atoms with Crippen molar-refractivity contribution in [3.63, 3.8) is 0 Å². The van der Waals surface area contributed by atoms with Gasteiger partial charge >= 0.3 is 0 Å². The van der Waals surface area contributed by atoms with Crippen LogP contribution in [-0.2, 0) is 27.9 Å². The minimum Gasteiger partial charge on any atom is -0.380 e. The van der Waals surface area contributed by atoms with E-state index < -0.39 is 10.0 Å². The van der Waals surface area contributed by atoms with Crippen molar-refractivity contribution in [2.75, 3.05) is 13.7 Å². The van der Waals surface area contributed by atoms with Crippen LogP contribution in [0.5, 0.6) is 0 Å². The van der Waals surface area contributed by atoms with E-state index in [1.807, 2.05) is 30.3 Å². The molecule has 4 nitrogen and oxygen atoms in total. The van der Waals surface area contributed by atoms with E-state index in [4.69, 9.17) is 4.74 Å². The number of hydrogen-bond donors (Lipinski definition) is 0. The zero-order valence-corrected chi connectivity index (χ0v) is 15.1. The molecule has 0 aliphatic carbocycles. The first-order valence-corrected chi connectivity index (χ1v) is 9.64. The second kappa shape index (κ2) is 8.97. The molecule has 0 saturated carbocycles. The first-order valence-electron chi connectivity index (χ1n) is 8.20. The van der Waals surface area contributed by atoms with E-state index >= 15 is 0 Å². The lowest BCUT2D eigenvalue weighted by Gasteiger charge is -2.22. The Hall–Kier alpha value is -1.69. The van der Waals surface area contributed by atoms with Gasteiger partial charge in [-0.1, -0.05) is 55.8 Å². The molecule has 130 valence electrons. The Kier molecular flexibility index (Phi) is 6.97. The molecule has 2 rings (SSSR count). The fraction of sp³-hybridized carbons (Fsp3) is 0.368. The van der Waals surface area contributed by atoms with E-state index in [-0.39, 0.29) is 0 Å². The van der Waals surface area contributed by atoms with Gasteiger partial charge < -0.3 is 4.74 Å². The molecule has 0 unspecified atom stereocenters. The summed E-state index contributed by atoms with van der Waals surface area (Å²) in [4.78, 5) is 0.328. The number of nitrogens with zero attached hydrogens (tertiary/aromatic N) is 1. The normalized spacial score (nSPS) is 11.8. The van der Waals surface area contributed by atoms with Gasteiger partial charge in [0.2, 0.25) is 10.0 Å². The molecule has 0 aromatic heterocycles. The molecule has 0 radical (unpaired) electrons. The van der Waals surface area contributed by atoms with Gasteiger partial charge in [-0.3, -0.25) is 0 Å². The lowest BCUT2D eigenvalue weighted by atomic mass is 10.2. The predicted octanol–water partition coefficient (Wildman–Crippen LogP) is 3.82. The monoisotopic (exact) mass is 347 g/mol. The van der Waals surface area contributed by atoms with Crippen LogP contribution in [0.4, 0.5) is 0 Å². The Balaban J connectivity index is 2.25. The molecule has 0 heterocycles. The van der Waals surface area contributed by atoms with Crippen LogP contribution < -0.4 is 0 Å². The Labute approximate surface area is 145 Å². The highest BCUT2D eigenvalue weighted by Crippen LogP contribution is 2.20. The molecule has 0 N–H and O–H groups in total. The van der Waals surface area contributed by atoms with Crippen LogP contribution in [0, 0.1) is 0 Å². The number of rotatable bonds is 9. The highest BCUT2D eigenvalue weighted by Gasteiger charge is 2.24. The molecule has 0 fully saturated rings. The molecule has 0 saturated heterocycles. The summed E-state index contributed by atoms with van der Waals surface area (Å²) in [5.74, 6) is 0. The number of sulfonamides is 1. The summed E-state index contributed by atoms with van der Waals surface area (Å²) in [5, 5.41) is 0. The Bertz CT molecular complexity index is 712. The summed E-state index contributed by atoms with van der Waals surface area (Å²) in [5.41, 5.74) is 1.95. The standard InChI is InChI=1S/C19H25NO3S/c1-3-4-14-20(15-17-8-6-5-7-9-17)24(21,22)19-12-10-18(11-13-19)16-23-2/h5-13H,3-4,14-16H2,1-2H3. The van der Waals surface area contributed by atoms with Crippen molar-refractivity contribution in [1.82, 2.24) is 4.31 Å². The maximum absolute atomic E-state index is 13.0. The summed E-state index contributed by atoms with van der Waals surface area (Å²) in [7, 11) is -1.89. The van der Waals surface area contributed by atoms with Gasteiger partial charge in [0.15, 0.2) is 0 Å². The van der Waals surface area contributed by atoms with Crippen LogP contribution in [0.2, 0.25) is 0 Å². The van der Waals surface area contributed by atoms with Crippen LogP contribution in [0.15, 0.2) is 59.5 Å². The number of methoxy groups -OCH3 is 1. The molecular weight excluding hydrogens is 322 g/mol. The van der Waals surface area contributed by atoms with Gasteiger partial charge in [0.05, 0.1) is 11.5 Å². The van der Waals surface area contributed by atoms with Crippen molar-refractivity contribution < 1.29 is 13.2 Å². The van der Waals surface area contributed by atoms with Gasteiger partial charge in [0.1, 0.15) is 0 Å². The third kappa shape index (κ3) is 4.90. The van der Waals surface area contributed by atoms with Crippen molar-refractivity contribution in [3.05, 3.63) is 65.7 Å². The van der Waals surface area contributed by atoms with E-state index in [0.29, 0.717) is 24.6 Å². The maximum Gasteiger partial charge on any atom is 0.243 e. The van der Waals surface area contributed by atoms with E-state index in [0.717, 1.165) is 24.0 Å². The SMILES string of the molecule is CCCCN(Cc1ccccc1)S(=O)(=O)c1ccc(COC)cc1. The Morgan fingerprint density at radius 3 is 2.21 bits per heavy atom. The third-order valence-corrected chi connectivity index (χ3v) is 5.69. The van der Waals surface area contributed by atoms with Crippen molar-refractivity contribution in [2.24, 2.45) is 0 Å². The molecule has 24 heavy (non-hydrogen) atoms. The molecule has 0 aliphatic rings. The molecule has 0 bridgehead atoms. The fourth-order valence-electron chi connectivity index (χ4n) is 2.48. The second-order valence-corrected chi connectivity index (χ2v) is 7.69. The zero-order valence-electron chi connectivity index (χ0n) is 14.3. The van der Waals surface area contributed by atoms with Crippen LogP contribution >= 0.6 is 0 Å². The topological polar surface area (TPSA) is 46.6 Å². The highest BCUT2D eigenvalue weighted by molar-refractivity contribution is 7.89. The lowest BCUT2D eigenvalue weighted by molar-refractivity contribution is 0.185. The molecule has 2 aromatic rings. The Morgan fingerprint density at radius 1 is 0.958 bits per heavy atom.